The van der Waals surface area contributed by atoms with Crippen molar-refractivity contribution in [1.82, 2.24) is 15.2 Å². The van der Waals surface area contributed by atoms with Crippen molar-refractivity contribution in [3.05, 3.63) is 52.8 Å². The molecule has 1 aromatic carbocycles. The summed E-state index contributed by atoms with van der Waals surface area (Å²) in [5.74, 6) is 5.70. The number of nitrogens with two attached hydrogens (primary N) is 1. The zero-order valence-electron chi connectivity index (χ0n) is 11.9. The van der Waals surface area contributed by atoms with Crippen molar-refractivity contribution < 1.29 is 0 Å². The van der Waals surface area contributed by atoms with Crippen molar-refractivity contribution in [2.75, 3.05) is 0 Å². The first-order valence-electron chi connectivity index (χ1n) is 6.68. The molecule has 1 aromatic heterocycles. The Bertz CT molecular complexity index is 528. The Morgan fingerprint density at radius 1 is 1.32 bits per heavy atom. The molecule has 19 heavy (non-hydrogen) atoms. The molecule has 0 aliphatic carbocycles. The van der Waals surface area contributed by atoms with Crippen LogP contribution in [0.3, 0.4) is 0 Å². The third-order valence-electron chi connectivity index (χ3n) is 3.50. The number of benzene rings is 1. The minimum Gasteiger partial charge on any atom is -0.272 e. The normalized spacial score (nSPS) is 12.6. The summed E-state index contributed by atoms with van der Waals surface area (Å²) in [5.41, 5.74) is 7.67. The Morgan fingerprint density at radius 3 is 2.47 bits per heavy atom. The maximum absolute atomic E-state index is 5.70. The minimum atomic E-state index is 0.112. The lowest BCUT2D eigenvalue weighted by Gasteiger charge is -2.16. The summed E-state index contributed by atoms with van der Waals surface area (Å²) in [6.45, 7) is 4.16. The van der Waals surface area contributed by atoms with Crippen LogP contribution in [0.1, 0.15) is 35.5 Å². The smallest absolute Gasteiger partial charge is 0.0596 e. The minimum absolute atomic E-state index is 0.112. The van der Waals surface area contributed by atoms with E-state index in [1.54, 1.807) is 0 Å². The van der Waals surface area contributed by atoms with Gasteiger partial charge in [-0.2, -0.15) is 5.10 Å². The lowest BCUT2D eigenvalue weighted by Crippen LogP contribution is -2.30. The third-order valence-corrected chi connectivity index (χ3v) is 3.50. The van der Waals surface area contributed by atoms with Gasteiger partial charge in [0.1, 0.15) is 0 Å². The van der Waals surface area contributed by atoms with Crippen LogP contribution >= 0.6 is 0 Å². The first-order chi connectivity index (χ1) is 9.13. The fourth-order valence-corrected chi connectivity index (χ4v) is 2.32. The van der Waals surface area contributed by atoms with Gasteiger partial charge < -0.3 is 0 Å². The summed E-state index contributed by atoms with van der Waals surface area (Å²) in [6, 6.07) is 10.8. The Kier molecular flexibility index (Phi) is 4.35. The Morgan fingerprint density at radius 2 is 2.00 bits per heavy atom. The highest BCUT2D eigenvalue weighted by atomic mass is 15.3. The number of hydrogen-bond acceptors (Lipinski definition) is 3. The summed E-state index contributed by atoms with van der Waals surface area (Å²) in [6.07, 6.45) is 1.89. The highest BCUT2D eigenvalue weighted by Gasteiger charge is 2.13. The van der Waals surface area contributed by atoms with Crippen molar-refractivity contribution in [2.45, 2.75) is 32.7 Å². The molecule has 1 unspecified atom stereocenters. The molecule has 0 spiro atoms. The van der Waals surface area contributed by atoms with Gasteiger partial charge in [0.25, 0.3) is 0 Å². The lowest BCUT2D eigenvalue weighted by atomic mass is 10.0. The second kappa shape index (κ2) is 5.99. The largest absolute Gasteiger partial charge is 0.272 e. The van der Waals surface area contributed by atoms with E-state index < -0.39 is 0 Å². The number of nitrogens with one attached hydrogen (secondary N) is 1. The van der Waals surface area contributed by atoms with E-state index in [0.717, 1.165) is 18.5 Å². The zero-order valence-corrected chi connectivity index (χ0v) is 11.9. The molecule has 4 heteroatoms. The highest BCUT2D eigenvalue weighted by molar-refractivity contribution is 5.26. The average molecular weight is 258 g/mol. The first kappa shape index (κ1) is 13.8. The predicted molar refractivity (Wildman–Crippen MR) is 77.5 cm³/mol. The monoisotopic (exact) mass is 258 g/mol. The number of nitrogens with zero attached hydrogens (tertiary/aromatic N) is 2. The highest BCUT2D eigenvalue weighted by Crippen LogP contribution is 2.19. The van der Waals surface area contributed by atoms with Crippen LogP contribution in [0.15, 0.2) is 30.3 Å². The van der Waals surface area contributed by atoms with Crippen LogP contribution in [0.25, 0.3) is 0 Å². The van der Waals surface area contributed by atoms with Crippen molar-refractivity contribution in [3.63, 3.8) is 0 Å². The van der Waals surface area contributed by atoms with Crippen LogP contribution in [0.4, 0.5) is 0 Å². The fourth-order valence-electron chi connectivity index (χ4n) is 2.32. The van der Waals surface area contributed by atoms with Crippen molar-refractivity contribution in [2.24, 2.45) is 12.9 Å². The van der Waals surface area contributed by atoms with Gasteiger partial charge in [0, 0.05) is 19.2 Å². The van der Waals surface area contributed by atoms with E-state index in [9.17, 15) is 0 Å². The molecule has 0 radical (unpaired) electrons. The van der Waals surface area contributed by atoms with Crippen LogP contribution < -0.4 is 11.3 Å². The van der Waals surface area contributed by atoms with E-state index >= 15 is 0 Å². The van der Waals surface area contributed by atoms with E-state index in [4.69, 9.17) is 5.84 Å². The van der Waals surface area contributed by atoms with Crippen LogP contribution in [-0.2, 0) is 19.9 Å². The average Bonchev–Trinajstić information content (AvgIpc) is 2.74. The molecule has 0 saturated carbocycles. The molecule has 3 N–H and O–H groups in total. The SMILES string of the molecule is CCc1ccc(C(Cc2cc(C)nn2C)NN)cc1. The van der Waals surface area contributed by atoms with Gasteiger partial charge in [-0.3, -0.25) is 16.0 Å². The first-order valence-corrected chi connectivity index (χ1v) is 6.68. The van der Waals surface area contributed by atoms with Gasteiger partial charge in [-0.05, 0) is 30.5 Å². The van der Waals surface area contributed by atoms with Gasteiger partial charge in [-0.25, -0.2) is 0 Å². The summed E-state index contributed by atoms with van der Waals surface area (Å²) >= 11 is 0. The van der Waals surface area contributed by atoms with Crippen molar-refractivity contribution in [3.8, 4) is 0 Å². The van der Waals surface area contributed by atoms with Crippen molar-refractivity contribution >= 4 is 0 Å². The molecular weight excluding hydrogens is 236 g/mol. The maximum Gasteiger partial charge on any atom is 0.0596 e. The summed E-state index contributed by atoms with van der Waals surface area (Å²) < 4.78 is 1.92. The van der Waals surface area contributed by atoms with E-state index in [2.05, 4.69) is 47.8 Å². The molecule has 4 nitrogen and oxygen atoms in total. The molecule has 1 atom stereocenters. The van der Waals surface area contributed by atoms with Crippen LogP contribution in [-0.4, -0.2) is 9.78 Å². The van der Waals surface area contributed by atoms with Crippen LogP contribution in [0, 0.1) is 6.92 Å². The second-order valence-electron chi connectivity index (χ2n) is 4.92. The fraction of sp³-hybridized carbons (Fsp3) is 0.400. The quantitative estimate of drug-likeness (QED) is 0.637. The zero-order chi connectivity index (χ0) is 13.8. The van der Waals surface area contributed by atoms with Gasteiger partial charge in [-0.1, -0.05) is 31.2 Å². The molecule has 2 aromatic rings. The maximum atomic E-state index is 5.70. The van der Waals surface area contributed by atoms with E-state index in [0.29, 0.717) is 0 Å². The van der Waals surface area contributed by atoms with Crippen LogP contribution in [0.2, 0.25) is 0 Å². The van der Waals surface area contributed by atoms with E-state index in [1.165, 1.54) is 16.8 Å². The Labute approximate surface area is 114 Å². The topological polar surface area (TPSA) is 55.9 Å². The molecule has 102 valence electrons. The van der Waals surface area contributed by atoms with Gasteiger partial charge in [0.2, 0.25) is 0 Å². The summed E-state index contributed by atoms with van der Waals surface area (Å²) in [5, 5.41) is 4.37. The van der Waals surface area contributed by atoms with Crippen molar-refractivity contribution in [1.29, 1.82) is 0 Å². The van der Waals surface area contributed by atoms with E-state index in [1.807, 2.05) is 18.7 Å². The molecule has 0 saturated heterocycles. The second-order valence-corrected chi connectivity index (χ2v) is 4.92. The number of aromatic nitrogens is 2. The molecule has 1 heterocycles. The van der Waals surface area contributed by atoms with Gasteiger partial charge in [-0.15, -0.1) is 0 Å². The number of aryl methyl sites for hydroxylation is 3. The van der Waals surface area contributed by atoms with Gasteiger partial charge in [0.15, 0.2) is 0 Å². The number of hydrazine groups is 1. The predicted octanol–water partition coefficient (Wildman–Crippen LogP) is 2.04. The summed E-state index contributed by atoms with van der Waals surface area (Å²) in [7, 11) is 1.97. The standard InChI is InChI=1S/C15H22N4/c1-4-12-5-7-13(8-6-12)15(17-16)10-14-9-11(2)18-19(14)3/h5-9,15,17H,4,10,16H2,1-3H3. The lowest BCUT2D eigenvalue weighted by molar-refractivity contribution is 0.530. The molecule has 0 fully saturated rings. The molecular formula is C15H22N4. The number of hydrogen-bond donors (Lipinski definition) is 2. The molecule has 2 rings (SSSR count). The van der Waals surface area contributed by atoms with Gasteiger partial charge >= 0.3 is 0 Å². The Balaban J connectivity index is 2.17. The van der Waals surface area contributed by atoms with E-state index in [-0.39, 0.29) is 6.04 Å². The molecule has 0 aliphatic rings. The molecule has 0 amide bonds. The summed E-state index contributed by atoms with van der Waals surface area (Å²) in [4.78, 5) is 0. The van der Waals surface area contributed by atoms with Crippen LogP contribution in [0.5, 0.6) is 0 Å². The van der Waals surface area contributed by atoms with Gasteiger partial charge in [0.05, 0.1) is 11.7 Å². The number of rotatable bonds is 5. The molecule has 0 aliphatic heterocycles. The third kappa shape index (κ3) is 3.22. The molecule has 0 bridgehead atoms. The Hall–Kier alpha value is -1.65.